The molecule has 1 heterocycles. The molecule has 0 N–H and O–H groups in total. The minimum Gasteiger partial charge on any atom is -0.301 e. The molecule has 120 valence electrons. The molecule has 0 saturated carbocycles. The molecule has 2 unspecified atom stereocenters. The molecule has 2 nitrogen and oxygen atoms in total. The highest BCUT2D eigenvalue weighted by molar-refractivity contribution is 4.88. The Morgan fingerprint density at radius 1 is 1.10 bits per heavy atom. The van der Waals surface area contributed by atoms with Crippen LogP contribution in [0.15, 0.2) is 0 Å². The van der Waals surface area contributed by atoms with E-state index in [1.165, 1.54) is 39.0 Å². The molecule has 0 amide bonds. The van der Waals surface area contributed by atoms with Gasteiger partial charge in [-0.3, -0.25) is 4.90 Å². The van der Waals surface area contributed by atoms with Crippen molar-refractivity contribution in [2.75, 3.05) is 26.2 Å². The minimum atomic E-state index is 0.307. The van der Waals surface area contributed by atoms with E-state index in [0.717, 1.165) is 5.92 Å². The second-order valence-electron chi connectivity index (χ2n) is 8.56. The van der Waals surface area contributed by atoms with Crippen LogP contribution in [0.5, 0.6) is 0 Å². The van der Waals surface area contributed by atoms with Crippen molar-refractivity contribution < 1.29 is 0 Å². The lowest BCUT2D eigenvalue weighted by molar-refractivity contribution is 0.0123. The largest absolute Gasteiger partial charge is 0.301 e. The lowest BCUT2D eigenvalue weighted by atomic mass is 9.76. The van der Waals surface area contributed by atoms with Gasteiger partial charge in [0.1, 0.15) is 0 Å². The van der Waals surface area contributed by atoms with Gasteiger partial charge < -0.3 is 4.90 Å². The van der Waals surface area contributed by atoms with Gasteiger partial charge in [0.2, 0.25) is 0 Å². The molecule has 2 heteroatoms. The van der Waals surface area contributed by atoms with Crippen LogP contribution in [0.2, 0.25) is 0 Å². The first-order chi connectivity index (χ1) is 9.08. The topological polar surface area (TPSA) is 6.48 Å². The van der Waals surface area contributed by atoms with Crippen molar-refractivity contribution in [3.05, 3.63) is 0 Å². The highest BCUT2D eigenvalue weighted by atomic mass is 15.3. The van der Waals surface area contributed by atoms with Gasteiger partial charge in [0.05, 0.1) is 0 Å². The molecule has 1 rings (SSSR count). The number of hydrogen-bond acceptors (Lipinski definition) is 2. The summed E-state index contributed by atoms with van der Waals surface area (Å²) in [5.74, 6) is 0.816. The Morgan fingerprint density at radius 3 is 2.15 bits per heavy atom. The predicted octanol–water partition coefficient (Wildman–Crippen LogP) is 4.25. The van der Waals surface area contributed by atoms with Crippen molar-refractivity contribution in [2.24, 2.45) is 11.3 Å². The van der Waals surface area contributed by atoms with E-state index in [9.17, 15) is 0 Å². The summed E-state index contributed by atoms with van der Waals surface area (Å²) in [7, 11) is 0. The normalized spacial score (nSPS) is 24.9. The van der Waals surface area contributed by atoms with Gasteiger partial charge in [-0.15, -0.1) is 0 Å². The molecule has 0 spiro atoms. The van der Waals surface area contributed by atoms with Crippen LogP contribution in [-0.2, 0) is 0 Å². The van der Waals surface area contributed by atoms with Crippen LogP contribution in [0.25, 0.3) is 0 Å². The number of rotatable bonds is 5. The number of hydrogen-bond donors (Lipinski definition) is 0. The molecule has 0 aromatic rings. The summed E-state index contributed by atoms with van der Waals surface area (Å²) >= 11 is 0. The Bertz CT molecular complexity index is 290. The Morgan fingerprint density at radius 2 is 1.70 bits per heavy atom. The van der Waals surface area contributed by atoms with Gasteiger partial charge in [0.25, 0.3) is 0 Å². The fourth-order valence-electron chi connectivity index (χ4n) is 3.48. The van der Waals surface area contributed by atoms with Crippen molar-refractivity contribution in [3.63, 3.8) is 0 Å². The van der Waals surface area contributed by atoms with E-state index in [4.69, 9.17) is 0 Å². The molecule has 1 aliphatic rings. The first kappa shape index (κ1) is 18.0. The molecule has 20 heavy (non-hydrogen) atoms. The minimum absolute atomic E-state index is 0.307. The molecule has 0 bridgehead atoms. The first-order valence-electron chi connectivity index (χ1n) is 8.57. The van der Waals surface area contributed by atoms with Crippen LogP contribution < -0.4 is 0 Å². The van der Waals surface area contributed by atoms with Crippen LogP contribution in [0, 0.1) is 11.3 Å². The molecular formula is C18H38N2. The molecule has 1 fully saturated rings. The van der Waals surface area contributed by atoms with E-state index in [0.29, 0.717) is 17.0 Å². The number of piperazine rings is 1. The summed E-state index contributed by atoms with van der Waals surface area (Å²) in [4.78, 5) is 5.33. The molecule has 0 aromatic carbocycles. The molecule has 2 atom stereocenters. The Kier molecular flexibility index (Phi) is 6.10. The third kappa shape index (κ3) is 4.73. The summed E-state index contributed by atoms with van der Waals surface area (Å²) in [6.45, 7) is 23.9. The second kappa shape index (κ2) is 6.79. The maximum atomic E-state index is 2.68. The number of nitrogens with zero attached hydrogens (tertiary/aromatic N) is 2. The van der Waals surface area contributed by atoms with Crippen molar-refractivity contribution >= 4 is 0 Å². The summed E-state index contributed by atoms with van der Waals surface area (Å²) in [6.07, 6.45) is 2.62. The summed E-state index contributed by atoms with van der Waals surface area (Å²) in [6, 6.07) is 0.676. The molecular weight excluding hydrogens is 244 g/mol. The van der Waals surface area contributed by atoms with Crippen molar-refractivity contribution in [1.29, 1.82) is 0 Å². The van der Waals surface area contributed by atoms with Crippen LogP contribution in [0.3, 0.4) is 0 Å². The van der Waals surface area contributed by atoms with Crippen LogP contribution in [0.4, 0.5) is 0 Å². The zero-order valence-corrected chi connectivity index (χ0v) is 15.3. The van der Waals surface area contributed by atoms with Crippen LogP contribution in [0.1, 0.15) is 68.2 Å². The highest BCUT2D eigenvalue weighted by Gasteiger charge is 2.32. The average Bonchev–Trinajstić information content (AvgIpc) is 2.34. The summed E-state index contributed by atoms with van der Waals surface area (Å²) in [5, 5.41) is 0. The molecule has 0 aromatic heterocycles. The van der Waals surface area contributed by atoms with Gasteiger partial charge in [-0.05, 0) is 52.0 Å². The van der Waals surface area contributed by atoms with Gasteiger partial charge in [0, 0.05) is 31.2 Å². The summed E-state index contributed by atoms with van der Waals surface area (Å²) < 4.78 is 0. The quantitative estimate of drug-likeness (QED) is 0.743. The van der Waals surface area contributed by atoms with Gasteiger partial charge >= 0.3 is 0 Å². The molecule has 0 aliphatic carbocycles. The summed E-state index contributed by atoms with van der Waals surface area (Å²) in [5.41, 5.74) is 0.778. The lowest BCUT2D eigenvalue weighted by Gasteiger charge is -2.47. The molecule has 1 saturated heterocycles. The van der Waals surface area contributed by atoms with Gasteiger partial charge in [0.15, 0.2) is 0 Å². The van der Waals surface area contributed by atoms with Gasteiger partial charge in [-0.2, -0.15) is 0 Å². The van der Waals surface area contributed by atoms with Crippen molar-refractivity contribution in [3.8, 4) is 0 Å². The smallest absolute Gasteiger partial charge is 0.0200 e. The monoisotopic (exact) mass is 282 g/mol. The molecule has 1 aliphatic heterocycles. The van der Waals surface area contributed by atoms with E-state index in [1.54, 1.807) is 0 Å². The zero-order chi connectivity index (χ0) is 15.6. The van der Waals surface area contributed by atoms with E-state index in [1.807, 2.05) is 0 Å². The average molecular weight is 283 g/mol. The fraction of sp³-hybridized carbons (Fsp3) is 1.00. The SMILES string of the molecule is CCC(C)C(C)(C)CCN1CCN(C(C)(C)C)C(C)C1. The first-order valence-corrected chi connectivity index (χ1v) is 8.57. The third-order valence-corrected chi connectivity index (χ3v) is 5.59. The van der Waals surface area contributed by atoms with E-state index in [-0.39, 0.29) is 0 Å². The van der Waals surface area contributed by atoms with E-state index in [2.05, 4.69) is 65.2 Å². The Hall–Kier alpha value is -0.0800. The Balaban J connectivity index is 2.46. The predicted molar refractivity (Wildman–Crippen MR) is 90.2 cm³/mol. The van der Waals surface area contributed by atoms with Crippen molar-refractivity contribution in [1.82, 2.24) is 9.80 Å². The maximum Gasteiger partial charge on any atom is 0.0200 e. The second-order valence-corrected chi connectivity index (χ2v) is 8.56. The fourth-order valence-corrected chi connectivity index (χ4v) is 3.48. The van der Waals surface area contributed by atoms with E-state index < -0.39 is 0 Å². The highest BCUT2D eigenvalue weighted by Crippen LogP contribution is 2.33. The lowest BCUT2D eigenvalue weighted by Crippen LogP contribution is -2.58. The Labute approximate surface area is 127 Å². The zero-order valence-electron chi connectivity index (χ0n) is 15.3. The maximum absolute atomic E-state index is 2.68. The van der Waals surface area contributed by atoms with Gasteiger partial charge in [-0.1, -0.05) is 34.1 Å². The van der Waals surface area contributed by atoms with Crippen LogP contribution >= 0.6 is 0 Å². The van der Waals surface area contributed by atoms with Crippen molar-refractivity contribution in [2.45, 2.75) is 79.8 Å². The van der Waals surface area contributed by atoms with Gasteiger partial charge in [-0.25, -0.2) is 0 Å². The van der Waals surface area contributed by atoms with Crippen LogP contribution in [-0.4, -0.2) is 47.6 Å². The molecule has 0 radical (unpaired) electrons. The standard InChI is InChI=1S/C18H38N2/c1-9-15(2)18(7,8)10-11-19-12-13-20(16(3)14-19)17(4,5)6/h15-16H,9-14H2,1-8H3. The third-order valence-electron chi connectivity index (χ3n) is 5.59. The van der Waals surface area contributed by atoms with E-state index >= 15 is 0 Å².